The molecule has 4 nitrogen and oxygen atoms in total. The average Bonchev–Trinajstić information content (AvgIpc) is 3.17. The van der Waals surface area contributed by atoms with Crippen molar-refractivity contribution in [1.29, 1.82) is 0 Å². The fourth-order valence-electron chi connectivity index (χ4n) is 2.00. The zero-order chi connectivity index (χ0) is 15.7. The van der Waals surface area contributed by atoms with Crippen LogP contribution in [0.15, 0.2) is 24.3 Å². The average molecular weight is 301 g/mol. The normalized spacial score (nSPS) is 16.3. The lowest BCUT2D eigenvalue weighted by atomic mass is 10.1. The van der Waals surface area contributed by atoms with Crippen LogP contribution in [0.4, 0.5) is 18.9 Å². The van der Waals surface area contributed by atoms with Gasteiger partial charge in [-0.15, -0.1) is 0 Å². The van der Waals surface area contributed by atoms with E-state index in [0.717, 1.165) is 0 Å². The zero-order valence-corrected chi connectivity index (χ0v) is 11.0. The summed E-state index contributed by atoms with van der Waals surface area (Å²) >= 11 is 0. The second-order valence-corrected chi connectivity index (χ2v) is 5.16. The molecule has 0 aromatic heterocycles. The van der Waals surface area contributed by atoms with Crippen LogP contribution in [0.5, 0.6) is 0 Å². The van der Waals surface area contributed by atoms with Crippen LogP contribution in [-0.2, 0) is 16.0 Å². The molecule has 1 aliphatic rings. The number of amides is 1. The highest BCUT2D eigenvalue weighted by atomic mass is 19.4. The molecule has 0 spiro atoms. The van der Waals surface area contributed by atoms with E-state index in [2.05, 4.69) is 5.32 Å². The third kappa shape index (κ3) is 3.74. The van der Waals surface area contributed by atoms with E-state index >= 15 is 0 Å². The van der Waals surface area contributed by atoms with E-state index in [9.17, 15) is 22.8 Å². The highest BCUT2D eigenvalue weighted by molar-refractivity contribution is 6.10. The van der Waals surface area contributed by atoms with Crippen molar-refractivity contribution >= 4 is 17.6 Å². The molecule has 1 aliphatic carbocycles. The number of aryl methyl sites for hydroxylation is 1. The van der Waals surface area contributed by atoms with Crippen LogP contribution >= 0.6 is 0 Å². The number of rotatable bonds is 5. The Kier molecular flexibility index (Phi) is 3.93. The Bertz CT molecular complexity index is 565. The molecule has 0 atom stereocenters. The highest BCUT2D eigenvalue weighted by Gasteiger charge is 2.57. The molecule has 0 aliphatic heterocycles. The van der Waals surface area contributed by atoms with Crippen LogP contribution in [0.2, 0.25) is 0 Å². The Morgan fingerprint density at radius 3 is 2.48 bits per heavy atom. The Labute approximate surface area is 119 Å². The first-order chi connectivity index (χ1) is 9.73. The Balaban J connectivity index is 2.01. The summed E-state index contributed by atoms with van der Waals surface area (Å²) in [6.07, 6.45) is -4.80. The maximum Gasteiger partial charge on any atom is 0.389 e. The highest BCUT2D eigenvalue weighted by Crippen LogP contribution is 2.46. The molecule has 2 N–H and O–H groups in total. The fourth-order valence-corrected chi connectivity index (χ4v) is 2.00. The SMILES string of the molecule is O=C(O)C1(C(=O)Nc2cccc(CCC(F)(F)F)c2)CC1. The van der Waals surface area contributed by atoms with Gasteiger partial charge >= 0.3 is 12.1 Å². The molecule has 7 heteroatoms. The minimum absolute atomic E-state index is 0.183. The summed E-state index contributed by atoms with van der Waals surface area (Å²) in [5.41, 5.74) is -0.625. The molecule has 1 fully saturated rings. The third-order valence-corrected chi connectivity index (χ3v) is 3.48. The van der Waals surface area contributed by atoms with E-state index in [1.54, 1.807) is 0 Å². The van der Waals surface area contributed by atoms with Crippen molar-refractivity contribution in [3.05, 3.63) is 29.8 Å². The van der Waals surface area contributed by atoms with Crippen molar-refractivity contribution in [3.63, 3.8) is 0 Å². The van der Waals surface area contributed by atoms with Gasteiger partial charge in [-0.05, 0) is 37.0 Å². The second kappa shape index (κ2) is 5.38. The number of alkyl halides is 3. The molecule has 1 saturated carbocycles. The number of benzene rings is 1. The van der Waals surface area contributed by atoms with Crippen LogP contribution in [0.25, 0.3) is 0 Å². The molecule has 1 aromatic rings. The number of aliphatic carboxylic acids is 1. The lowest BCUT2D eigenvalue weighted by Crippen LogP contribution is -2.31. The van der Waals surface area contributed by atoms with Crippen molar-refractivity contribution in [3.8, 4) is 0 Å². The predicted molar refractivity (Wildman–Crippen MR) is 68.8 cm³/mol. The van der Waals surface area contributed by atoms with Gasteiger partial charge in [0, 0.05) is 12.1 Å². The maximum atomic E-state index is 12.2. The molecule has 0 unspecified atom stereocenters. The summed E-state index contributed by atoms with van der Waals surface area (Å²) < 4.78 is 36.5. The minimum atomic E-state index is -4.24. The number of carbonyl (C=O) groups is 2. The predicted octanol–water partition coefficient (Wildman–Crippen LogP) is 2.98. The largest absolute Gasteiger partial charge is 0.480 e. The number of carboxylic acid groups (broad SMARTS) is 1. The molecule has 1 aromatic carbocycles. The van der Waals surface area contributed by atoms with Crippen LogP contribution in [0, 0.1) is 5.41 Å². The summed E-state index contributed by atoms with van der Waals surface area (Å²) in [5.74, 6) is -1.80. The van der Waals surface area contributed by atoms with Crippen molar-refractivity contribution in [2.75, 3.05) is 5.32 Å². The second-order valence-electron chi connectivity index (χ2n) is 5.16. The Hall–Kier alpha value is -2.05. The minimum Gasteiger partial charge on any atom is -0.480 e. The number of carbonyl (C=O) groups excluding carboxylic acids is 1. The number of hydrogen-bond donors (Lipinski definition) is 2. The van der Waals surface area contributed by atoms with Crippen LogP contribution in [-0.4, -0.2) is 23.2 Å². The van der Waals surface area contributed by atoms with Gasteiger partial charge in [-0.25, -0.2) is 0 Å². The summed E-state index contributed by atoms with van der Waals surface area (Å²) in [4.78, 5) is 22.9. The van der Waals surface area contributed by atoms with Gasteiger partial charge in [-0.1, -0.05) is 12.1 Å². The molecule has 1 amide bonds. The molecular weight excluding hydrogens is 287 g/mol. The summed E-state index contributed by atoms with van der Waals surface area (Å²) in [6, 6.07) is 6.02. The van der Waals surface area contributed by atoms with Crippen molar-refractivity contribution in [2.24, 2.45) is 5.41 Å². The molecule has 21 heavy (non-hydrogen) atoms. The quantitative estimate of drug-likeness (QED) is 0.822. The first-order valence-corrected chi connectivity index (χ1v) is 6.43. The van der Waals surface area contributed by atoms with Crippen LogP contribution in [0.3, 0.4) is 0 Å². The molecule has 114 valence electrons. The van der Waals surface area contributed by atoms with Crippen LogP contribution < -0.4 is 5.32 Å². The molecule has 2 rings (SSSR count). The van der Waals surface area contributed by atoms with E-state index in [1.807, 2.05) is 0 Å². The monoisotopic (exact) mass is 301 g/mol. The van der Waals surface area contributed by atoms with E-state index in [0.29, 0.717) is 11.3 Å². The number of halogens is 3. The number of carboxylic acids is 1. The van der Waals surface area contributed by atoms with Crippen molar-refractivity contribution < 1.29 is 27.9 Å². The zero-order valence-electron chi connectivity index (χ0n) is 11.0. The van der Waals surface area contributed by atoms with Gasteiger partial charge in [0.15, 0.2) is 0 Å². The summed E-state index contributed by atoms with van der Waals surface area (Å²) in [5, 5.41) is 11.5. The van der Waals surface area contributed by atoms with Crippen LogP contribution in [0.1, 0.15) is 24.8 Å². The van der Waals surface area contributed by atoms with Gasteiger partial charge < -0.3 is 10.4 Å². The van der Waals surface area contributed by atoms with Gasteiger partial charge in [0.2, 0.25) is 5.91 Å². The van der Waals surface area contributed by atoms with Gasteiger partial charge in [0.1, 0.15) is 5.41 Å². The summed E-state index contributed by atoms with van der Waals surface area (Å²) in [6.45, 7) is 0. The first kappa shape index (κ1) is 15.3. The third-order valence-electron chi connectivity index (χ3n) is 3.48. The standard InChI is InChI=1S/C14H14F3NO3/c15-14(16,17)5-4-9-2-1-3-10(8-9)18-11(19)13(6-7-13)12(20)21/h1-3,8H,4-7H2,(H,18,19)(H,20,21). The number of anilines is 1. The maximum absolute atomic E-state index is 12.2. The number of nitrogens with one attached hydrogen (secondary N) is 1. The smallest absolute Gasteiger partial charge is 0.389 e. The lowest BCUT2D eigenvalue weighted by molar-refractivity contribution is -0.147. The van der Waals surface area contributed by atoms with E-state index in [4.69, 9.17) is 5.11 Å². The van der Waals surface area contributed by atoms with E-state index < -0.39 is 29.9 Å². The Morgan fingerprint density at radius 2 is 1.95 bits per heavy atom. The lowest BCUT2D eigenvalue weighted by Gasteiger charge is -2.12. The first-order valence-electron chi connectivity index (χ1n) is 6.43. The van der Waals surface area contributed by atoms with E-state index in [-0.39, 0.29) is 19.3 Å². The van der Waals surface area contributed by atoms with E-state index in [1.165, 1.54) is 24.3 Å². The Morgan fingerprint density at radius 1 is 1.29 bits per heavy atom. The van der Waals surface area contributed by atoms with Gasteiger partial charge in [0.05, 0.1) is 0 Å². The fraction of sp³-hybridized carbons (Fsp3) is 0.429. The van der Waals surface area contributed by atoms with Gasteiger partial charge in [-0.2, -0.15) is 13.2 Å². The summed E-state index contributed by atoms with van der Waals surface area (Å²) in [7, 11) is 0. The number of hydrogen-bond acceptors (Lipinski definition) is 2. The van der Waals surface area contributed by atoms with Crippen molar-refractivity contribution in [2.45, 2.75) is 31.9 Å². The molecule has 0 radical (unpaired) electrons. The molecule has 0 heterocycles. The molecule has 0 bridgehead atoms. The van der Waals surface area contributed by atoms with Gasteiger partial charge in [-0.3, -0.25) is 9.59 Å². The van der Waals surface area contributed by atoms with Gasteiger partial charge in [0.25, 0.3) is 0 Å². The molecule has 0 saturated heterocycles. The molecular formula is C14H14F3NO3. The van der Waals surface area contributed by atoms with Crippen molar-refractivity contribution in [1.82, 2.24) is 0 Å². The topological polar surface area (TPSA) is 66.4 Å².